The van der Waals surface area contributed by atoms with E-state index >= 15 is 0 Å². The van der Waals surface area contributed by atoms with E-state index in [0.717, 1.165) is 0 Å². The van der Waals surface area contributed by atoms with Gasteiger partial charge in [0.05, 0.1) is 11.7 Å². The third-order valence-electron chi connectivity index (χ3n) is 3.24. The first kappa shape index (κ1) is 19.7. The lowest BCUT2D eigenvalue weighted by Crippen LogP contribution is -2.57. The SMILES string of the molecule is CC(C)(C)OC(=O)N1CCN(C(/C=C(\N)Cl)=C(/N)Cl)C(CN)C1. The summed E-state index contributed by atoms with van der Waals surface area (Å²) in [5.41, 5.74) is 17.0. The number of carbonyl (C=O) groups is 1. The lowest BCUT2D eigenvalue weighted by molar-refractivity contribution is 0.00974. The van der Waals surface area contributed by atoms with Crippen LogP contribution in [-0.4, -0.2) is 53.7 Å². The molecule has 0 saturated carbocycles. The quantitative estimate of drug-likeness (QED) is 0.513. The van der Waals surface area contributed by atoms with Crippen LogP contribution >= 0.6 is 23.2 Å². The van der Waals surface area contributed by atoms with Crippen molar-refractivity contribution in [3.63, 3.8) is 0 Å². The van der Waals surface area contributed by atoms with Crippen molar-refractivity contribution in [1.82, 2.24) is 9.80 Å². The molecule has 1 aliphatic rings. The van der Waals surface area contributed by atoms with Crippen molar-refractivity contribution >= 4 is 29.3 Å². The molecule has 1 saturated heterocycles. The predicted molar refractivity (Wildman–Crippen MR) is 92.5 cm³/mol. The summed E-state index contributed by atoms with van der Waals surface area (Å²) in [6.07, 6.45) is 1.11. The van der Waals surface area contributed by atoms with Crippen LogP contribution in [0.15, 0.2) is 22.1 Å². The maximum Gasteiger partial charge on any atom is 0.410 e. The Hall–Kier alpha value is -1.31. The molecule has 9 heteroatoms. The minimum Gasteiger partial charge on any atom is -0.444 e. The van der Waals surface area contributed by atoms with Crippen molar-refractivity contribution in [2.75, 3.05) is 26.2 Å². The molecule has 132 valence electrons. The zero-order chi connectivity index (χ0) is 17.8. The average Bonchev–Trinajstić information content (AvgIpc) is 2.41. The summed E-state index contributed by atoms with van der Waals surface area (Å²) in [6, 6.07) is -0.171. The number of piperazine rings is 1. The van der Waals surface area contributed by atoms with E-state index in [2.05, 4.69) is 0 Å². The predicted octanol–water partition coefficient (Wildman–Crippen LogP) is 1.27. The molecular weight excluding hydrogens is 341 g/mol. The minimum absolute atomic E-state index is 0.0638. The van der Waals surface area contributed by atoms with Gasteiger partial charge in [0, 0.05) is 26.2 Å². The fraction of sp³-hybridized carbons (Fsp3) is 0.643. The van der Waals surface area contributed by atoms with E-state index in [1.807, 2.05) is 25.7 Å². The normalized spacial score (nSPS) is 21.1. The molecule has 0 radical (unpaired) electrons. The lowest BCUT2D eigenvalue weighted by atomic mass is 10.1. The standard InChI is InChI=1S/C14H25Cl2N5O2/c1-14(2,3)23-13(22)20-4-5-21(9(7-17)8-20)10(12(16)19)6-11(15)18/h6,9H,4-5,7-8,17-19H2,1-3H3/b11-6-,12-10+. The van der Waals surface area contributed by atoms with Crippen LogP contribution in [0.2, 0.25) is 0 Å². The number of nitrogens with zero attached hydrogens (tertiary/aromatic N) is 2. The fourth-order valence-corrected chi connectivity index (χ4v) is 2.55. The van der Waals surface area contributed by atoms with Gasteiger partial charge in [-0.2, -0.15) is 0 Å². The monoisotopic (exact) mass is 365 g/mol. The molecular formula is C14H25Cl2N5O2. The van der Waals surface area contributed by atoms with Gasteiger partial charge in [-0.3, -0.25) is 0 Å². The molecule has 0 aliphatic carbocycles. The number of allylic oxidation sites excluding steroid dienone is 1. The van der Waals surface area contributed by atoms with E-state index in [0.29, 0.717) is 31.9 Å². The summed E-state index contributed by atoms with van der Waals surface area (Å²) in [4.78, 5) is 15.7. The van der Waals surface area contributed by atoms with E-state index < -0.39 is 5.60 Å². The highest BCUT2D eigenvalue weighted by Gasteiger charge is 2.32. The number of hydrogen-bond donors (Lipinski definition) is 3. The summed E-state index contributed by atoms with van der Waals surface area (Å²) in [6.45, 7) is 7.12. The molecule has 1 unspecified atom stereocenters. The van der Waals surface area contributed by atoms with Crippen molar-refractivity contribution < 1.29 is 9.53 Å². The van der Waals surface area contributed by atoms with Crippen molar-refractivity contribution in [3.8, 4) is 0 Å². The van der Waals surface area contributed by atoms with Crippen LogP contribution in [0.4, 0.5) is 4.79 Å². The molecule has 0 aromatic heterocycles. The molecule has 1 heterocycles. The molecule has 0 aromatic carbocycles. The molecule has 0 spiro atoms. The van der Waals surface area contributed by atoms with Crippen LogP contribution in [0.1, 0.15) is 20.8 Å². The highest BCUT2D eigenvalue weighted by Crippen LogP contribution is 2.22. The third-order valence-corrected chi connectivity index (χ3v) is 3.54. The smallest absolute Gasteiger partial charge is 0.410 e. The van der Waals surface area contributed by atoms with E-state index in [9.17, 15) is 4.79 Å². The van der Waals surface area contributed by atoms with Crippen LogP contribution in [-0.2, 0) is 4.74 Å². The zero-order valence-corrected chi connectivity index (χ0v) is 15.2. The lowest BCUT2D eigenvalue weighted by Gasteiger charge is -2.43. The molecule has 0 aromatic rings. The Bertz CT molecular complexity index is 494. The Labute approximate surface area is 147 Å². The van der Waals surface area contributed by atoms with Gasteiger partial charge in [-0.05, 0) is 26.8 Å². The van der Waals surface area contributed by atoms with E-state index in [4.69, 9.17) is 45.1 Å². The molecule has 1 rings (SSSR count). The number of amides is 1. The van der Waals surface area contributed by atoms with Crippen LogP contribution < -0.4 is 17.2 Å². The van der Waals surface area contributed by atoms with Gasteiger partial charge in [-0.25, -0.2) is 4.79 Å². The van der Waals surface area contributed by atoms with E-state index in [1.165, 1.54) is 6.08 Å². The Morgan fingerprint density at radius 1 is 1.30 bits per heavy atom. The van der Waals surface area contributed by atoms with Crippen molar-refractivity contribution in [1.29, 1.82) is 0 Å². The minimum atomic E-state index is -0.548. The summed E-state index contributed by atoms with van der Waals surface area (Å²) in [5, 5.41) is 0.131. The van der Waals surface area contributed by atoms with Crippen LogP contribution in [0.5, 0.6) is 0 Å². The number of nitrogens with two attached hydrogens (primary N) is 3. The number of hydrogen-bond acceptors (Lipinski definition) is 6. The summed E-state index contributed by atoms with van der Waals surface area (Å²) >= 11 is 11.7. The molecule has 23 heavy (non-hydrogen) atoms. The van der Waals surface area contributed by atoms with Crippen LogP contribution in [0, 0.1) is 0 Å². The van der Waals surface area contributed by atoms with Crippen molar-refractivity contribution in [2.24, 2.45) is 17.2 Å². The van der Waals surface area contributed by atoms with Crippen molar-refractivity contribution in [2.45, 2.75) is 32.4 Å². The summed E-state index contributed by atoms with van der Waals surface area (Å²) in [7, 11) is 0. The second-order valence-electron chi connectivity index (χ2n) is 6.27. The van der Waals surface area contributed by atoms with Gasteiger partial charge in [-0.15, -0.1) is 0 Å². The maximum atomic E-state index is 12.2. The first-order valence-electron chi connectivity index (χ1n) is 7.27. The first-order chi connectivity index (χ1) is 10.5. The van der Waals surface area contributed by atoms with Crippen molar-refractivity contribution in [3.05, 3.63) is 22.1 Å². The topological polar surface area (TPSA) is 111 Å². The molecule has 1 atom stereocenters. The third kappa shape index (κ3) is 6.01. The number of ether oxygens (including phenoxy) is 1. The second-order valence-corrected chi connectivity index (χ2v) is 7.12. The van der Waals surface area contributed by atoms with Gasteiger partial charge < -0.3 is 31.7 Å². The summed E-state index contributed by atoms with van der Waals surface area (Å²) < 4.78 is 5.39. The molecule has 1 fully saturated rings. The molecule has 0 bridgehead atoms. The molecule has 7 nitrogen and oxygen atoms in total. The molecule has 6 N–H and O–H groups in total. The molecule has 1 aliphatic heterocycles. The van der Waals surface area contributed by atoms with Gasteiger partial charge in [-0.1, -0.05) is 23.2 Å². The summed E-state index contributed by atoms with van der Waals surface area (Å²) in [5.74, 6) is 0. The number of halogens is 2. The average molecular weight is 366 g/mol. The maximum absolute atomic E-state index is 12.2. The second kappa shape index (κ2) is 7.99. The number of carbonyl (C=O) groups excluding carboxylic acids is 1. The Morgan fingerprint density at radius 2 is 1.91 bits per heavy atom. The highest BCUT2D eigenvalue weighted by atomic mass is 35.5. The first-order valence-corrected chi connectivity index (χ1v) is 8.03. The van der Waals surface area contributed by atoms with Gasteiger partial charge >= 0.3 is 6.09 Å². The zero-order valence-electron chi connectivity index (χ0n) is 13.7. The highest BCUT2D eigenvalue weighted by molar-refractivity contribution is 6.30. The van der Waals surface area contributed by atoms with Gasteiger partial charge in [0.15, 0.2) is 0 Å². The largest absolute Gasteiger partial charge is 0.444 e. The molecule has 1 amide bonds. The van der Waals surface area contributed by atoms with Gasteiger partial charge in [0.2, 0.25) is 0 Å². The fourth-order valence-electron chi connectivity index (χ4n) is 2.29. The Morgan fingerprint density at radius 3 is 2.35 bits per heavy atom. The number of rotatable bonds is 3. The van der Waals surface area contributed by atoms with E-state index in [-0.39, 0.29) is 22.4 Å². The Kier molecular flexibility index (Phi) is 6.85. The van der Waals surface area contributed by atoms with Gasteiger partial charge in [0.25, 0.3) is 0 Å². The Balaban J connectivity index is 2.90. The van der Waals surface area contributed by atoms with Crippen LogP contribution in [0.25, 0.3) is 0 Å². The van der Waals surface area contributed by atoms with Gasteiger partial charge in [0.1, 0.15) is 15.9 Å². The van der Waals surface area contributed by atoms with Crippen LogP contribution in [0.3, 0.4) is 0 Å². The van der Waals surface area contributed by atoms with E-state index in [1.54, 1.807) is 4.90 Å².